The average molecular weight is 427 g/mol. The second-order valence-electron chi connectivity index (χ2n) is 5.92. The Kier molecular flexibility index (Phi) is 7.44. The Morgan fingerprint density at radius 3 is 2.41 bits per heavy atom. The summed E-state index contributed by atoms with van der Waals surface area (Å²) in [6.45, 7) is 0.753. The van der Waals surface area contributed by atoms with Crippen LogP contribution in [-0.4, -0.2) is 24.2 Å². The second kappa shape index (κ2) is 10.5. The van der Waals surface area contributed by atoms with E-state index in [0.717, 1.165) is 5.75 Å². The maximum atomic E-state index is 12.3. The SMILES string of the molecule is O=C(NC(=S)Nc1ccccc1OCCOc1ccccc1)c1cccc(Cl)c1. The van der Waals surface area contributed by atoms with Gasteiger partial charge in [0.15, 0.2) is 5.11 Å². The third-order valence-corrected chi connectivity index (χ3v) is 4.24. The summed E-state index contributed by atoms with van der Waals surface area (Å²) in [6.07, 6.45) is 0. The van der Waals surface area contributed by atoms with Crippen LogP contribution in [0.3, 0.4) is 0 Å². The van der Waals surface area contributed by atoms with Crippen LogP contribution >= 0.6 is 23.8 Å². The molecule has 0 fully saturated rings. The predicted octanol–water partition coefficient (Wildman–Crippen LogP) is 4.92. The Labute approximate surface area is 179 Å². The number of anilines is 1. The Hall–Kier alpha value is -3.09. The first-order valence-corrected chi connectivity index (χ1v) is 9.68. The van der Waals surface area contributed by atoms with Gasteiger partial charge < -0.3 is 14.8 Å². The van der Waals surface area contributed by atoms with Crippen molar-refractivity contribution < 1.29 is 14.3 Å². The number of para-hydroxylation sites is 3. The summed E-state index contributed by atoms with van der Waals surface area (Å²) >= 11 is 11.2. The van der Waals surface area contributed by atoms with E-state index in [1.54, 1.807) is 24.3 Å². The molecule has 0 atom stereocenters. The molecule has 3 aromatic rings. The van der Waals surface area contributed by atoms with Crippen molar-refractivity contribution in [3.63, 3.8) is 0 Å². The van der Waals surface area contributed by atoms with Crippen LogP contribution in [0.25, 0.3) is 0 Å². The third kappa shape index (κ3) is 6.48. The summed E-state index contributed by atoms with van der Waals surface area (Å²) in [5.74, 6) is 1.04. The summed E-state index contributed by atoms with van der Waals surface area (Å²) in [5.41, 5.74) is 1.06. The standard InChI is InChI=1S/C22H19ClN2O3S/c23-17-8-6-7-16(15-17)21(26)25-22(29)24-19-11-4-5-12-20(19)28-14-13-27-18-9-2-1-3-10-18/h1-12,15H,13-14H2,(H2,24,25,26,29). The highest BCUT2D eigenvalue weighted by Crippen LogP contribution is 2.23. The summed E-state index contributed by atoms with van der Waals surface area (Å²) < 4.78 is 11.4. The Balaban J connectivity index is 1.52. The molecule has 0 heterocycles. The topological polar surface area (TPSA) is 59.6 Å². The molecule has 0 aliphatic heterocycles. The van der Waals surface area contributed by atoms with Crippen molar-refractivity contribution in [2.45, 2.75) is 0 Å². The zero-order chi connectivity index (χ0) is 20.5. The Bertz CT molecular complexity index is 983. The number of hydrogen-bond donors (Lipinski definition) is 2. The zero-order valence-electron chi connectivity index (χ0n) is 15.4. The minimum Gasteiger partial charge on any atom is -0.490 e. The van der Waals surface area contributed by atoms with Crippen molar-refractivity contribution in [3.8, 4) is 11.5 Å². The molecule has 0 aliphatic carbocycles. The van der Waals surface area contributed by atoms with Gasteiger partial charge in [-0.15, -0.1) is 0 Å². The first kappa shape index (κ1) is 20.6. The summed E-state index contributed by atoms with van der Waals surface area (Å²) in [7, 11) is 0. The molecule has 7 heteroatoms. The number of rotatable bonds is 7. The molecule has 0 bridgehead atoms. The van der Waals surface area contributed by atoms with Gasteiger partial charge in [-0.05, 0) is 54.7 Å². The fraction of sp³-hybridized carbons (Fsp3) is 0.0909. The highest BCUT2D eigenvalue weighted by atomic mass is 35.5. The summed E-state index contributed by atoms with van der Waals surface area (Å²) in [6, 6.07) is 23.5. The first-order chi connectivity index (χ1) is 14.1. The van der Waals surface area contributed by atoms with E-state index in [2.05, 4.69) is 10.6 Å². The van der Waals surface area contributed by atoms with Crippen molar-refractivity contribution >= 4 is 40.5 Å². The molecule has 148 valence electrons. The fourth-order valence-electron chi connectivity index (χ4n) is 2.48. The van der Waals surface area contributed by atoms with Crippen LogP contribution in [0.15, 0.2) is 78.9 Å². The summed E-state index contributed by atoms with van der Waals surface area (Å²) in [5, 5.41) is 6.25. The smallest absolute Gasteiger partial charge is 0.257 e. The molecule has 0 spiro atoms. The molecule has 2 N–H and O–H groups in total. The minimum absolute atomic E-state index is 0.159. The van der Waals surface area contributed by atoms with Crippen molar-refractivity contribution in [1.29, 1.82) is 0 Å². The molecule has 0 aromatic heterocycles. The molecule has 0 radical (unpaired) electrons. The van der Waals surface area contributed by atoms with Gasteiger partial charge in [-0.2, -0.15) is 0 Å². The molecule has 0 saturated heterocycles. The minimum atomic E-state index is -0.348. The van der Waals surface area contributed by atoms with E-state index in [1.807, 2.05) is 54.6 Å². The Morgan fingerprint density at radius 2 is 1.62 bits per heavy atom. The maximum Gasteiger partial charge on any atom is 0.257 e. The molecule has 5 nitrogen and oxygen atoms in total. The van der Waals surface area contributed by atoms with Crippen LogP contribution in [-0.2, 0) is 0 Å². The van der Waals surface area contributed by atoms with Gasteiger partial charge >= 0.3 is 0 Å². The van der Waals surface area contributed by atoms with Gasteiger partial charge in [0.25, 0.3) is 5.91 Å². The van der Waals surface area contributed by atoms with Gasteiger partial charge in [-0.1, -0.05) is 48.0 Å². The third-order valence-electron chi connectivity index (χ3n) is 3.80. The number of ether oxygens (including phenoxy) is 2. The molecule has 0 unspecified atom stereocenters. The second-order valence-corrected chi connectivity index (χ2v) is 6.77. The van der Waals surface area contributed by atoms with Gasteiger partial charge in [-0.25, -0.2) is 0 Å². The molecule has 3 rings (SSSR count). The highest BCUT2D eigenvalue weighted by molar-refractivity contribution is 7.80. The van der Waals surface area contributed by atoms with Crippen LogP contribution in [0.5, 0.6) is 11.5 Å². The zero-order valence-corrected chi connectivity index (χ0v) is 17.0. The number of halogens is 1. The molecule has 29 heavy (non-hydrogen) atoms. The van der Waals surface area contributed by atoms with Crippen molar-refractivity contribution in [2.24, 2.45) is 0 Å². The van der Waals surface area contributed by atoms with Gasteiger partial charge in [0.05, 0.1) is 5.69 Å². The van der Waals surface area contributed by atoms with Crippen LogP contribution < -0.4 is 20.1 Å². The van der Waals surface area contributed by atoms with Crippen LogP contribution in [0, 0.1) is 0 Å². The van der Waals surface area contributed by atoms with Crippen molar-refractivity contribution in [2.75, 3.05) is 18.5 Å². The quantitative estimate of drug-likeness (QED) is 0.414. The number of benzene rings is 3. The van der Waals surface area contributed by atoms with Crippen LogP contribution in [0.4, 0.5) is 5.69 Å². The number of hydrogen-bond acceptors (Lipinski definition) is 4. The lowest BCUT2D eigenvalue weighted by Gasteiger charge is -2.14. The predicted molar refractivity (Wildman–Crippen MR) is 119 cm³/mol. The fourth-order valence-corrected chi connectivity index (χ4v) is 2.88. The monoisotopic (exact) mass is 426 g/mol. The van der Waals surface area contributed by atoms with Gasteiger partial charge in [0.1, 0.15) is 24.7 Å². The largest absolute Gasteiger partial charge is 0.490 e. The highest BCUT2D eigenvalue weighted by Gasteiger charge is 2.10. The van der Waals surface area contributed by atoms with Gasteiger partial charge in [-0.3, -0.25) is 10.1 Å². The van der Waals surface area contributed by atoms with Gasteiger partial charge in [0.2, 0.25) is 0 Å². The maximum absolute atomic E-state index is 12.3. The Morgan fingerprint density at radius 1 is 0.897 bits per heavy atom. The van der Waals surface area contributed by atoms with E-state index in [0.29, 0.717) is 35.2 Å². The molecule has 1 amide bonds. The van der Waals surface area contributed by atoms with Gasteiger partial charge in [0, 0.05) is 10.6 Å². The normalized spacial score (nSPS) is 10.1. The average Bonchev–Trinajstić information content (AvgIpc) is 2.73. The van der Waals surface area contributed by atoms with Crippen molar-refractivity contribution in [3.05, 3.63) is 89.4 Å². The lowest BCUT2D eigenvalue weighted by Crippen LogP contribution is -2.34. The number of carbonyl (C=O) groups excluding carboxylic acids is 1. The van der Waals surface area contributed by atoms with E-state index in [1.165, 1.54) is 0 Å². The molecule has 0 aliphatic rings. The van der Waals surface area contributed by atoms with E-state index in [4.69, 9.17) is 33.3 Å². The van der Waals surface area contributed by atoms with Crippen LogP contribution in [0.1, 0.15) is 10.4 Å². The molecule has 0 saturated carbocycles. The summed E-state index contributed by atoms with van der Waals surface area (Å²) in [4.78, 5) is 12.3. The van der Waals surface area contributed by atoms with Crippen LogP contribution in [0.2, 0.25) is 5.02 Å². The number of nitrogens with one attached hydrogen (secondary N) is 2. The lowest BCUT2D eigenvalue weighted by atomic mass is 10.2. The number of thiocarbonyl (C=S) groups is 1. The molecular formula is C22H19ClN2O3S. The number of amides is 1. The first-order valence-electron chi connectivity index (χ1n) is 8.89. The molecule has 3 aromatic carbocycles. The van der Waals surface area contributed by atoms with Crippen molar-refractivity contribution in [1.82, 2.24) is 5.32 Å². The van der Waals surface area contributed by atoms with E-state index in [-0.39, 0.29) is 11.0 Å². The van der Waals surface area contributed by atoms with E-state index in [9.17, 15) is 4.79 Å². The molecular weight excluding hydrogens is 408 g/mol. The van der Waals surface area contributed by atoms with E-state index < -0.39 is 0 Å². The number of carbonyl (C=O) groups is 1. The van der Waals surface area contributed by atoms with E-state index >= 15 is 0 Å². The lowest BCUT2D eigenvalue weighted by molar-refractivity contribution is 0.0977.